The van der Waals surface area contributed by atoms with Gasteiger partial charge in [-0.15, -0.1) is 11.3 Å². The first-order valence-corrected chi connectivity index (χ1v) is 5.46. The van der Waals surface area contributed by atoms with Gasteiger partial charge in [-0.25, -0.2) is 0 Å². The largest absolute Gasteiger partial charge is 0.497 e. The molecule has 0 spiro atoms. The zero-order valence-electron chi connectivity index (χ0n) is 8.54. The number of ether oxygens (including phenoxy) is 1. The Hall–Kier alpha value is -1.88. The summed E-state index contributed by atoms with van der Waals surface area (Å²) in [5.41, 5.74) is 0.697. The first-order chi connectivity index (χ1) is 7.72. The average molecular weight is 235 g/mol. The lowest BCUT2D eigenvalue weighted by atomic mass is 10.1. The van der Waals surface area contributed by atoms with E-state index in [9.17, 15) is 10.1 Å². The van der Waals surface area contributed by atoms with Crippen LogP contribution in [0, 0.1) is 10.1 Å². The summed E-state index contributed by atoms with van der Waals surface area (Å²) in [6.45, 7) is 0. The van der Waals surface area contributed by atoms with Crippen LogP contribution < -0.4 is 4.74 Å². The summed E-state index contributed by atoms with van der Waals surface area (Å²) >= 11 is 1.48. The molecule has 0 atom stereocenters. The fourth-order valence-corrected chi connectivity index (χ4v) is 2.19. The summed E-state index contributed by atoms with van der Waals surface area (Å²) in [5.74, 6) is 0.493. The predicted octanol–water partition coefficient (Wildman–Crippen LogP) is 3.33. The highest BCUT2D eigenvalue weighted by Gasteiger charge is 2.16. The summed E-state index contributed by atoms with van der Waals surface area (Å²) < 4.78 is 4.98. The lowest BCUT2D eigenvalue weighted by molar-refractivity contribution is -0.384. The second-order valence-electron chi connectivity index (χ2n) is 3.12. The van der Waals surface area contributed by atoms with Crippen LogP contribution in [0.4, 0.5) is 5.69 Å². The third kappa shape index (κ3) is 1.90. The molecular formula is C11H9NO3S. The smallest absolute Gasteiger partial charge is 0.281 e. The van der Waals surface area contributed by atoms with Crippen molar-refractivity contribution in [3.8, 4) is 16.2 Å². The molecule has 4 nitrogen and oxygen atoms in total. The Morgan fingerprint density at radius 3 is 2.75 bits per heavy atom. The lowest BCUT2D eigenvalue weighted by Crippen LogP contribution is -1.92. The van der Waals surface area contributed by atoms with Crippen molar-refractivity contribution in [2.75, 3.05) is 7.11 Å². The van der Waals surface area contributed by atoms with Crippen LogP contribution in [-0.4, -0.2) is 12.0 Å². The molecule has 1 heterocycles. The van der Waals surface area contributed by atoms with Gasteiger partial charge in [0.15, 0.2) is 0 Å². The van der Waals surface area contributed by atoms with E-state index in [1.165, 1.54) is 24.5 Å². The molecular weight excluding hydrogens is 226 g/mol. The molecule has 2 aromatic rings. The van der Waals surface area contributed by atoms with Gasteiger partial charge in [0.1, 0.15) is 5.75 Å². The van der Waals surface area contributed by atoms with Crippen LogP contribution in [0.1, 0.15) is 0 Å². The molecule has 0 N–H and O–H groups in total. The van der Waals surface area contributed by atoms with E-state index < -0.39 is 4.92 Å². The molecule has 16 heavy (non-hydrogen) atoms. The molecule has 82 valence electrons. The molecule has 0 aliphatic heterocycles. The first kappa shape index (κ1) is 10.6. The quantitative estimate of drug-likeness (QED) is 0.605. The summed E-state index contributed by atoms with van der Waals surface area (Å²) in [7, 11) is 1.49. The van der Waals surface area contributed by atoms with Gasteiger partial charge in [0, 0.05) is 4.88 Å². The highest BCUT2D eigenvalue weighted by Crippen LogP contribution is 2.35. The predicted molar refractivity (Wildman–Crippen MR) is 63.0 cm³/mol. The Bertz CT molecular complexity index is 508. The molecule has 0 fully saturated rings. The minimum Gasteiger partial charge on any atom is -0.497 e. The van der Waals surface area contributed by atoms with E-state index in [2.05, 4.69) is 0 Å². The summed E-state index contributed by atoms with van der Waals surface area (Å²) in [6.07, 6.45) is 0. The lowest BCUT2D eigenvalue weighted by Gasteiger charge is -2.03. The van der Waals surface area contributed by atoms with Gasteiger partial charge < -0.3 is 4.74 Å². The van der Waals surface area contributed by atoms with E-state index in [4.69, 9.17) is 4.74 Å². The van der Waals surface area contributed by atoms with Crippen molar-refractivity contribution < 1.29 is 9.66 Å². The topological polar surface area (TPSA) is 52.4 Å². The maximum Gasteiger partial charge on any atom is 0.281 e. The molecule has 1 aromatic carbocycles. The van der Waals surface area contributed by atoms with Crippen molar-refractivity contribution in [1.29, 1.82) is 0 Å². The fourth-order valence-electron chi connectivity index (χ4n) is 1.43. The third-order valence-corrected chi connectivity index (χ3v) is 3.09. The van der Waals surface area contributed by atoms with E-state index in [0.29, 0.717) is 11.3 Å². The van der Waals surface area contributed by atoms with Crippen molar-refractivity contribution in [3.63, 3.8) is 0 Å². The molecule has 0 unspecified atom stereocenters. The van der Waals surface area contributed by atoms with Crippen molar-refractivity contribution in [1.82, 2.24) is 0 Å². The molecule has 0 amide bonds. The zero-order chi connectivity index (χ0) is 11.5. The Kier molecular flexibility index (Phi) is 2.87. The van der Waals surface area contributed by atoms with Crippen LogP contribution >= 0.6 is 11.3 Å². The highest BCUT2D eigenvalue weighted by molar-refractivity contribution is 7.13. The van der Waals surface area contributed by atoms with Crippen LogP contribution in [0.3, 0.4) is 0 Å². The zero-order valence-corrected chi connectivity index (χ0v) is 9.36. The summed E-state index contributed by atoms with van der Waals surface area (Å²) in [5, 5.41) is 12.8. The molecule has 0 aliphatic rings. The number of nitro benzene ring substituents is 1. The third-order valence-electron chi connectivity index (χ3n) is 2.19. The number of hydrogen-bond donors (Lipinski definition) is 0. The van der Waals surface area contributed by atoms with Crippen LogP contribution in [0.2, 0.25) is 0 Å². The normalized spacial score (nSPS) is 10.1. The van der Waals surface area contributed by atoms with Gasteiger partial charge in [-0.3, -0.25) is 10.1 Å². The van der Waals surface area contributed by atoms with E-state index in [1.54, 1.807) is 12.1 Å². The minimum atomic E-state index is -0.391. The van der Waals surface area contributed by atoms with Crippen molar-refractivity contribution in [3.05, 3.63) is 45.8 Å². The molecule has 0 radical (unpaired) electrons. The van der Waals surface area contributed by atoms with E-state index in [1.807, 2.05) is 17.5 Å². The van der Waals surface area contributed by atoms with Crippen molar-refractivity contribution >= 4 is 17.0 Å². The molecule has 5 heteroatoms. The van der Waals surface area contributed by atoms with Crippen molar-refractivity contribution in [2.24, 2.45) is 0 Å². The van der Waals surface area contributed by atoms with Gasteiger partial charge >= 0.3 is 0 Å². The van der Waals surface area contributed by atoms with E-state index >= 15 is 0 Å². The average Bonchev–Trinajstić information content (AvgIpc) is 2.81. The number of methoxy groups -OCH3 is 1. The Balaban J connectivity index is 2.57. The SMILES string of the molecule is COc1ccc(-c2cccs2)c([N+](=O)[O-])c1. The Labute approximate surface area is 96.3 Å². The maximum absolute atomic E-state index is 10.9. The van der Waals surface area contributed by atoms with Crippen LogP contribution in [0.15, 0.2) is 35.7 Å². The van der Waals surface area contributed by atoms with Gasteiger partial charge in [-0.05, 0) is 23.6 Å². The van der Waals surface area contributed by atoms with Gasteiger partial charge in [0.05, 0.1) is 23.7 Å². The van der Waals surface area contributed by atoms with Gasteiger partial charge in [-0.2, -0.15) is 0 Å². The molecule has 2 rings (SSSR count). The molecule has 0 saturated carbocycles. The first-order valence-electron chi connectivity index (χ1n) is 4.58. The van der Waals surface area contributed by atoms with Crippen LogP contribution in [0.5, 0.6) is 5.75 Å². The van der Waals surface area contributed by atoms with E-state index in [0.717, 1.165) is 4.88 Å². The Morgan fingerprint density at radius 2 is 2.19 bits per heavy atom. The second kappa shape index (κ2) is 4.32. The Morgan fingerprint density at radius 1 is 1.38 bits per heavy atom. The van der Waals surface area contributed by atoms with Gasteiger partial charge in [-0.1, -0.05) is 6.07 Å². The van der Waals surface area contributed by atoms with Crippen LogP contribution in [-0.2, 0) is 0 Å². The second-order valence-corrected chi connectivity index (χ2v) is 4.07. The summed E-state index contributed by atoms with van der Waals surface area (Å²) in [4.78, 5) is 11.4. The molecule has 1 aromatic heterocycles. The monoisotopic (exact) mass is 235 g/mol. The standard InChI is InChI=1S/C11H9NO3S/c1-15-8-4-5-9(10(7-8)12(13)14)11-3-2-6-16-11/h2-7H,1H3. The molecule has 0 bridgehead atoms. The van der Waals surface area contributed by atoms with E-state index in [-0.39, 0.29) is 5.69 Å². The number of hydrogen-bond acceptors (Lipinski definition) is 4. The molecule has 0 saturated heterocycles. The number of rotatable bonds is 3. The highest BCUT2D eigenvalue weighted by atomic mass is 32.1. The number of thiophene rings is 1. The van der Waals surface area contributed by atoms with Gasteiger partial charge in [0.25, 0.3) is 5.69 Å². The van der Waals surface area contributed by atoms with Gasteiger partial charge in [0.2, 0.25) is 0 Å². The minimum absolute atomic E-state index is 0.0711. The summed E-state index contributed by atoms with van der Waals surface area (Å²) in [6, 6.07) is 8.60. The van der Waals surface area contributed by atoms with Crippen molar-refractivity contribution in [2.45, 2.75) is 0 Å². The maximum atomic E-state index is 10.9. The fraction of sp³-hybridized carbons (Fsp3) is 0.0909. The van der Waals surface area contributed by atoms with Crippen LogP contribution in [0.25, 0.3) is 10.4 Å². The number of nitro groups is 1. The number of nitrogens with zero attached hydrogens (tertiary/aromatic N) is 1. The number of benzene rings is 1. The molecule has 0 aliphatic carbocycles.